The lowest BCUT2D eigenvalue weighted by Crippen LogP contribution is -2.15. The first kappa shape index (κ1) is 29.2. The molecule has 0 saturated carbocycles. The van der Waals surface area contributed by atoms with Crippen molar-refractivity contribution in [2.75, 3.05) is 0 Å². The zero-order valence-corrected chi connectivity index (χ0v) is 28.8. The number of furan rings is 1. The highest BCUT2D eigenvalue weighted by molar-refractivity contribution is 6.20. The lowest BCUT2D eigenvalue weighted by molar-refractivity contribution is 0.653. The van der Waals surface area contributed by atoms with Gasteiger partial charge in [-0.15, -0.1) is 0 Å². The molecular weight excluding hydrogens is 633 g/mol. The number of hydrogen-bond acceptors (Lipinski definition) is 3. The van der Waals surface area contributed by atoms with Gasteiger partial charge in [0, 0.05) is 49.8 Å². The molecule has 0 fully saturated rings. The van der Waals surface area contributed by atoms with Crippen LogP contribution in [-0.2, 0) is 5.41 Å². The molecule has 3 heterocycles. The van der Waals surface area contributed by atoms with Crippen LogP contribution in [0, 0.1) is 0 Å². The van der Waals surface area contributed by atoms with Gasteiger partial charge < -0.3 is 4.42 Å². The molecule has 3 aromatic heterocycles. The molecule has 52 heavy (non-hydrogen) atoms. The van der Waals surface area contributed by atoms with Gasteiger partial charge in [0.2, 0.25) is 0 Å². The monoisotopic (exact) mass is 664 g/mol. The van der Waals surface area contributed by atoms with Crippen molar-refractivity contribution in [1.82, 2.24) is 9.97 Å². The van der Waals surface area contributed by atoms with Crippen LogP contribution < -0.4 is 0 Å². The van der Waals surface area contributed by atoms with E-state index >= 15 is 0 Å². The molecule has 3 heteroatoms. The summed E-state index contributed by atoms with van der Waals surface area (Å²) in [5.74, 6) is 0. The summed E-state index contributed by atoms with van der Waals surface area (Å²) in [5.41, 5.74) is 15.3. The van der Waals surface area contributed by atoms with Crippen molar-refractivity contribution in [3.05, 3.63) is 169 Å². The number of fused-ring (bicyclic) bond motifs is 11. The minimum Gasteiger partial charge on any atom is -0.455 e. The molecule has 0 aliphatic heterocycles. The van der Waals surface area contributed by atoms with Crippen LogP contribution in [0.5, 0.6) is 0 Å². The van der Waals surface area contributed by atoms with Crippen molar-refractivity contribution in [3.8, 4) is 44.6 Å². The molecule has 1 aliphatic carbocycles. The summed E-state index contributed by atoms with van der Waals surface area (Å²) in [6, 6.07) is 54.2. The SMILES string of the molecule is CC1(C)c2ccccc2-c2c1cc(-c1cccc3c(-c4ccc5ccc6cc(-c7ccccc7)cnc6c5n4)cccc13)c1c2oc2ccccc21. The van der Waals surface area contributed by atoms with Gasteiger partial charge in [0.25, 0.3) is 0 Å². The number of nitrogens with zero attached hydrogens (tertiary/aromatic N) is 2. The van der Waals surface area contributed by atoms with Gasteiger partial charge in [-0.3, -0.25) is 4.98 Å². The molecule has 0 atom stereocenters. The van der Waals surface area contributed by atoms with Gasteiger partial charge >= 0.3 is 0 Å². The highest BCUT2D eigenvalue weighted by Gasteiger charge is 2.38. The maximum atomic E-state index is 6.81. The van der Waals surface area contributed by atoms with Gasteiger partial charge in [-0.05, 0) is 68.4 Å². The Bertz CT molecular complexity index is 3100. The van der Waals surface area contributed by atoms with E-state index in [-0.39, 0.29) is 5.41 Å². The van der Waals surface area contributed by atoms with Crippen molar-refractivity contribution < 1.29 is 4.42 Å². The van der Waals surface area contributed by atoms with E-state index < -0.39 is 0 Å². The molecule has 0 saturated heterocycles. The third-order valence-electron chi connectivity index (χ3n) is 11.3. The molecule has 0 unspecified atom stereocenters. The summed E-state index contributed by atoms with van der Waals surface area (Å²) < 4.78 is 6.81. The number of pyridine rings is 2. The van der Waals surface area contributed by atoms with E-state index in [1.54, 1.807) is 0 Å². The second-order valence-corrected chi connectivity index (χ2v) is 14.5. The van der Waals surface area contributed by atoms with Crippen LogP contribution in [0.4, 0.5) is 0 Å². The van der Waals surface area contributed by atoms with Crippen LogP contribution in [-0.4, -0.2) is 9.97 Å². The van der Waals surface area contributed by atoms with Crippen molar-refractivity contribution in [3.63, 3.8) is 0 Å². The van der Waals surface area contributed by atoms with Crippen molar-refractivity contribution in [1.29, 1.82) is 0 Å². The second-order valence-electron chi connectivity index (χ2n) is 14.5. The Balaban J connectivity index is 1.13. The van der Waals surface area contributed by atoms with Crippen LogP contribution in [0.2, 0.25) is 0 Å². The largest absolute Gasteiger partial charge is 0.455 e. The first-order chi connectivity index (χ1) is 25.5. The third-order valence-corrected chi connectivity index (χ3v) is 11.3. The second kappa shape index (κ2) is 10.7. The van der Waals surface area contributed by atoms with Crippen LogP contribution in [0.25, 0.3) is 99.2 Å². The molecule has 0 spiro atoms. The van der Waals surface area contributed by atoms with E-state index in [2.05, 4.69) is 159 Å². The molecule has 7 aromatic carbocycles. The first-order valence-electron chi connectivity index (χ1n) is 17.9. The van der Waals surface area contributed by atoms with E-state index in [1.165, 1.54) is 38.8 Å². The molecule has 244 valence electrons. The van der Waals surface area contributed by atoms with E-state index in [0.717, 1.165) is 71.5 Å². The Labute approximate surface area is 300 Å². The Morgan fingerprint density at radius 2 is 1.19 bits per heavy atom. The molecule has 1 aliphatic rings. The fourth-order valence-electron chi connectivity index (χ4n) is 8.75. The maximum absolute atomic E-state index is 6.81. The number of benzene rings is 7. The number of hydrogen-bond donors (Lipinski definition) is 0. The van der Waals surface area contributed by atoms with Gasteiger partial charge in [-0.2, -0.15) is 0 Å². The van der Waals surface area contributed by atoms with Crippen molar-refractivity contribution >= 4 is 54.5 Å². The molecule has 0 N–H and O–H groups in total. The standard InChI is InChI=1S/C49H32N2O/c1-49(2)40-20-8-6-14-37(40)45-41(49)27-39(44-38-15-7-9-21-43(38)52-48(44)45)35-18-10-17-34-33(35)16-11-19-36(34)42-25-24-30-22-23-31-26-32(29-12-4-3-5-13-29)28-50-46(31)47(30)51-42/h3-28H,1-2H3. The van der Waals surface area contributed by atoms with E-state index in [0.29, 0.717) is 0 Å². The van der Waals surface area contributed by atoms with Crippen LogP contribution in [0.15, 0.2) is 162 Å². The zero-order valence-electron chi connectivity index (χ0n) is 28.8. The summed E-state index contributed by atoms with van der Waals surface area (Å²) in [4.78, 5) is 10.3. The van der Waals surface area contributed by atoms with Crippen LogP contribution in [0.3, 0.4) is 0 Å². The highest BCUT2D eigenvalue weighted by atomic mass is 16.3. The molecular formula is C49H32N2O. The average molecular weight is 665 g/mol. The minimum atomic E-state index is -0.169. The summed E-state index contributed by atoms with van der Waals surface area (Å²) >= 11 is 0. The molecule has 0 bridgehead atoms. The van der Waals surface area contributed by atoms with Gasteiger partial charge in [-0.25, -0.2) is 4.98 Å². The lowest BCUT2D eigenvalue weighted by Gasteiger charge is -2.22. The highest BCUT2D eigenvalue weighted by Crippen LogP contribution is 2.55. The Morgan fingerprint density at radius 1 is 0.500 bits per heavy atom. The normalized spacial score (nSPS) is 13.3. The Kier molecular flexibility index (Phi) is 6.01. The van der Waals surface area contributed by atoms with Gasteiger partial charge in [0.15, 0.2) is 0 Å². The molecule has 11 rings (SSSR count). The lowest BCUT2D eigenvalue weighted by atomic mass is 9.80. The predicted octanol–water partition coefficient (Wildman–Crippen LogP) is 13.1. The Hall–Kier alpha value is -6.58. The molecule has 10 aromatic rings. The average Bonchev–Trinajstić information content (AvgIpc) is 3.69. The summed E-state index contributed by atoms with van der Waals surface area (Å²) in [6.45, 7) is 4.67. The fraction of sp³-hybridized carbons (Fsp3) is 0.0612. The topological polar surface area (TPSA) is 38.9 Å². The van der Waals surface area contributed by atoms with Crippen LogP contribution >= 0.6 is 0 Å². The smallest absolute Gasteiger partial charge is 0.144 e. The van der Waals surface area contributed by atoms with E-state index in [1.807, 2.05) is 12.3 Å². The quantitative estimate of drug-likeness (QED) is 0.176. The number of rotatable bonds is 3. The minimum absolute atomic E-state index is 0.169. The first-order valence-corrected chi connectivity index (χ1v) is 17.9. The molecule has 0 amide bonds. The predicted molar refractivity (Wildman–Crippen MR) is 216 cm³/mol. The maximum Gasteiger partial charge on any atom is 0.144 e. The third kappa shape index (κ3) is 4.08. The molecule has 3 nitrogen and oxygen atoms in total. The van der Waals surface area contributed by atoms with Crippen molar-refractivity contribution in [2.45, 2.75) is 19.3 Å². The molecule has 0 radical (unpaired) electrons. The van der Waals surface area contributed by atoms with Gasteiger partial charge in [-0.1, -0.05) is 141 Å². The fourth-order valence-corrected chi connectivity index (χ4v) is 8.75. The van der Waals surface area contributed by atoms with E-state index in [4.69, 9.17) is 14.4 Å². The summed E-state index contributed by atoms with van der Waals surface area (Å²) in [7, 11) is 0. The van der Waals surface area contributed by atoms with Crippen molar-refractivity contribution in [2.24, 2.45) is 0 Å². The number of aromatic nitrogens is 2. The number of para-hydroxylation sites is 1. The van der Waals surface area contributed by atoms with E-state index in [9.17, 15) is 0 Å². The van der Waals surface area contributed by atoms with Crippen LogP contribution in [0.1, 0.15) is 25.0 Å². The van der Waals surface area contributed by atoms with Gasteiger partial charge in [0.05, 0.1) is 16.7 Å². The van der Waals surface area contributed by atoms with Gasteiger partial charge in [0.1, 0.15) is 11.2 Å². The summed E-state index contributed by atoms with van der Waals surface area (Å²) in [6.07, 6.45) is 1.96. The zero-order chi connectivity index (χ0) is 34.6. The summed E-state index contributed by atoms with van der Waals surface area (Å²) in [5, 5.41) is 6.80. The Morgan fingerprint density at radius 3 is 2.08 bits per heavy atom.